The molecule has 0 aliphatic carbocycles. The first kappa shape index (κ1) is 13.9. The molecule has 0 unspecified atom stereocenters. The predicted molar refractivity (Wildman–Crippen MR) is 87.9 cm³/mol. The number of H-pyrrole nitrogens is 1. The summed E-state index contributed by atoms with van der Waals surface area (Å²) >= 11 is 3.49. The van der Waals surface area contributed by atoms with Crippen molar-refractivity contribution in [3.8, 4) is 17.1 Å². The van der Waals surface area contributed by atoms with Crippen LogP contribution in [0.2, 0.25) is 0 Å². The maximum atomic E-state index is 5.24. The van der Waals surface area contributed by atoms with Crippen LogP contribution in [0.25, 0.3) is 22.6 Å². The lowest BCUT2D eigenvalue weighted by atomic mass is 10.2. The van der Waals surface area contributed by atoms with Crippen molar-refractivity contribution in [3.63, 3.8) is 0 Å². The Labute approximate surface area is 131 Å². The molecule has 0 bridgehead atoms. The van der Waals surface area contributed by atoms with Gasteiger partial charge in [0.2, 0.25) is 0 Å². The summed E-state index contributed by atoms with van der Waals surface area (Å²) in [4.78, 5) is 14.3. The molecule has 6 heteroatoms. The van der Waals surface area contributed by atoms with Crippen LogP contribution in [0.15, 0.2) is 34.8 Å². The minimum Gasteiger partial charge on any atom is -0.496 e. The third kappa shape index (κ3) is 2.58. The van der Waals surface area contributed by atoms with E-state index in [4.69, 9.17) is 4.74 Å². The molecule has 0 aliphatic heterocycles. The lowest BCUT2D eigenvalue weighted by Gasteiger charge is -2.09. The van der Waals surface area contributed by atoms with Crippen LogP contribution in [-0.2, 0) is 0 Å². The molecule has 21 heavy (non-hydrogen) atoms. The van der Waals surface area contributed by atoms with Gasteiger partial charge in [-0.2, -0.15) is 0 Å². The van der Waals surface area contributed by atoms with Crippen molar-refractivity contribution < 1.29 is 4.74 Å². The summed E-state index contributed by atoms with van der Waals surface area (Å²) in [6.07, 6.45) is 0. The van der Waals surface area contributed by atoms with Gasteiger partial charge in [-0.3, -0.25) is 0 Å². The first-order chi connectivity index (χ1) is 10.1. The zero-order valence-corrected chi connectivity index (χ0v) is 13.6. The first-order valence-electron chi connectivity index (χ1n) is 6.46. The SMILES string of the molecule is COc1ccc(-c2nc3nc(N(C)C)ccc3[nH]2)cc1Br. The van der Waals surface area contributed by atoms with Gasteiger partial charge >= 0.3 is 0 Å². The number of hydrogen-bond acceptors (Lipinski definition) is 4. The average Bonchev–Trinajstić information content (AvgIpc) is 2.89. The van der Waals surface area contributed by atoms with E-state index in [-0.39, 0.29) is 0 Å². The van der Waals surface area contributed by atoms with E-state index in [2.05, 4.69) is 30.9 Å². The average molecular weight is 347 g/mol. The summed E-state index contributed by atoms with van der Waals surface area (Å²) in [5.41, 5.74) is 2.61. The van der Waals surface area contributed by atoms with Crippen LogP contribution in [-0.4, -0.2) is 36.2 Å². The molecule has 3 rings (SSSR count). The van der Waals surface area contributed by atoms with E-state index < -0.39 is 0 Å². The number of halogens is 1. The second-order valence-electron chi connectivity index (χ2n) is 4.87. The third-order valence-electron chi connectivity index (χ3n) is 3.21. The number of nitrogens with zero attached hydrogens (tertiary/aromatic N) is 3. The standard InChI is InChI=1S/C15H15BrN4O/c1-20(2)13-7-5-11-15(18-13)19-14(17-11)9-4-6-12(21-3)10(16)8-9/h4-8H,1-3H3,(H,17,18,19). The Morgan fingerprint density at radius 1 is 1.14 bits per heavy atom. The molecule has 0 atom stereocenters. The zero-order chi connectivity index (χ0) is 15.0. The lowest BCUT2D eigenvalue weighted by molar-refractivity contribution is 0.412. The molecule has 1 aromatic carbocycles. The number of nitrogens with one attached hydrogen (secondary N) is 1. The Balaban J connectivity index is 2.06. The summed E-state index contributed by atoms with van der Waals surface area (Å²) in [6.45, 7) is 0. The van der Waals surface area contributed by atoms with Crippen molar-refractivity contribution in [1.82, 2.24) is 15.0 Å². The van der Waals surface area contributed by atoms with E-state index in [9.17, 15) is 0 Å². The third-order valence-corrected chi connectivity index (χ3v) is 3.83. The van der Waals surface area contributed by atoms with E-state index in [0.717, 1.165) is 32.9 Å². The molecule has 0 aliphatic rings. The fourth-order valence-corrected chi connectivity index (χ4v) is 2.62. The zero-order valence-electron chi connectivity index (χ0n) is 12.0. The van der Waals surface area contributed by atoms with Crippen LogP contribution in [0.4, 0.5) is 5.82 Å². The second kappa shape index (κ2) is 5.37. The number of ether oxygens (including phenoxy) is 1. The van der Waals surface area contributed by atoms with E-state index in [1.54, 1.807) is 7.11 Å². The summed E-state index contributed by atoms with van der Waals surface area (Å²) in [5.74, 6) is 2.47. The normalized spacial score (nSPS) is 10.9. The van der Waals surface area contributed by atoms with Gasteiger partial charge in [0.25, 0.3) is 0 Å². The number of hydrogen-bond donors (Lipinski definition) is 1. The van der Waals surface area contributed by atoms with Crippen LogP contribution < -0.4 is 9.64 Å². The molecule has 0 fully saturated rings. The highest BCUT2D eigenvalue weighted by Gasteiger charge is 2.10. The number of aromatic amines is 1. The molecule has 5 nitrogen and oxygen atoms in total. The van der Waals surface area contributed by atoms with Crippen LogP contribution in [0.1, 0.15) is 0 Å². The van der Waals surface area contributed by atoms with Crippen LogP contribution in [0.3, 0.4) is 0 Å². The number of imidazole rings is 1. The summed E-state index contributed by atoms with van der Waals surface area (Å²) in [6, 6.07) is 9.81. The van der Waals surface area contributed by atoms with E-state index in [1.807, 2.05) is 49.3 Å². The molecule has 0 spiro atoms. The summed E-state index contributed by atoms with van der Waals surface area (Å²) < 4.78 is 6.13. The Morgan fingerprint density at radius 2 is 1.95 bits per heavy atom. The summed E-state index contributed by atoms with van der Waals surface area (Å²) in [5, 5.41) is 0. The van der Waals surface area contributed by atoms with Gasteiger partial charge in [0.05, 0.1) is 17.1 Å². The second-order valence-corrected chi connectivity index (χ2v) is 5.72. The van der Waals surface area contributed by atoms with Crippen molar-refractivity contribution in [2.45, 2.75) is 0 Å². The van der Waals surface area contributed by atoms with Crippen LogP contribution >= 0.6 is 15.9 Å². The Hall–Kier alpha value is -2.08. The van der Waals surface area contributed by atoms with E-state index >= 15 is 0 Å². The number of methoxy groups -OCH3 is 1. The van der Waals surface area contributed by atoms with Gasteiger partial charge in [0.1, 0.15) is 17.4 Å². The van der Waals surface area contributed by atoms with Crippen molar-refractivity contribution >= 4 is 32.9 Å². The van der Waals surface area contributed by atoms with Crippen LogP contribution in [0, 0.1) is 0 Å². The Morgan fingerprint density at radius 3 is 2.62 bits per heavy atom. The lowest BCUT2D eigenvalue weighted by Crippen LogP contribution is -2.10. The maximum Gasteiger partial charge on any atom is 0.180 e. The molecule has 2 heterocycles. The molecule has 3 aromatic rings. The topological polar surface area (TPSA) is 54.0 Å². The van der Waals surface area contributed by atoms with E-state index in [1.165, 1.54) is 0 Å². The molecule has 1 N–H and O–H groups in total. The van der Waals surface area contributed by atoms with Gasteiger partial charge in [-0.25, -0.2) is 9.97 Å². The largest absolute Gasteiger partial charge is 0.496 e. The van der Waals surface area contributed by atoms with Gasteiger partial charge in [0.15, 0.2) is 5.65 Å². The minimum absolute atomic E-state index is 0.711. The number of benzene rings is 1. The minimum atomic E-state index is 0.711. The quantitative estimate of drug-likeness (QED) is 0.788. The van der Waals surface area contributed by atoms with Gasteiger partial charge in [-0.15, -0.1) is 0 Å². The van der Waals surface area contributed by atoms with Crippen molar-refractivity contribution in [3.05, 3.63) is 34.8 Å². The predicted octanol–water partition coefficient (Wildman–Crippen LogP) is 3.46. The number of fused-ring (bicyclic) bond motifs is 1. The van der Waals surface area contributed by atoms with Crippen molar-refractivity contribution in [1.29, 1.82) is 0 Å². The monoisotopic (exact) mass is 346 g/mol. The highest BCUT2D eigenvalue weighted by molar-refractivity contribution is 9.10. The Kier molecular flexibility index (Phi) is 3.55. The molecule has 108 valence electrons. The summed E-state index contributed by atoms with van der Waals surface area (Å²) in [7, 11) is 5.57. The fraction of sp³-hybridized carbons (Fsp3) is 0.200. The Bertz CT molecular complexity index is 797. The maximum absolute atomic E-state index is 5.24. The van der Waals surface area contributed by atoms with Gasteiger partial charge in [-0.1, -0.05) is 0 Å². The van der Waals surface area contributed by atoms with Gasteiger partial charge < -0.3 is 14.6 Å². The molecule has 0 saturated heterocycles. The fourth-order valence-electron chi connectivity index (χ4n) is 2.08. The van der Waals surface area contributed by atoms with E-state index in [0.29, 0.717) is 5.65 Å². The molecular formula is C15H15BrN4O. The first-order valence-corrected chi connectivity index (χ1v) is 7.26. The number of aromatic nitrogens is 3. The van der Waals surface area contributed by atoms with Crippen LogP contribution in [0.5, 0.6) is 5.75 Å². The molecule has 2 aromatic heterocycles. The molecule has 0 amide bonds. The molecule has 0 radical (unpaired) electrons. The molecule has 0 saturated carbocycles. The van der Waals surface area contributed by atoms with Crippen molar-refractivity contribution in [2.75, 3.05) is 26.1 Å². The number of anilines is 1. The van der Waals surface area contributed by atoms with Gasteiger partial charge in [-0.05, 0) is 46.3 Å². The molecular weight excluding hydrogens is 332 g/mol. The number of pyridine rings is 1. The number of rotatable bonds is 3. The highest BCUT2D eigenvalue weighted by atomic mass is 79.9. The van der Waals surface area contributed by atoms with Gasteiger partial charge in [0, 0.05) is 19.7 Å². The van der Waals surface area contributed by atoms with Crippen molar-refractivity contribution in [2.24, 2.45) is 0 Å². The smallest absolute Gasteiger partial charge is 0.180 e. The highest BCUT2D eigenvalue weighted by Crippen LogP contribution is 2.30.